The van der Waals surface area contributed by atoms with Crippen molar-refractivity contribution in [3.8, 4) is 22.8 Å². The van der Waals surface area contributed by atoms with E-state index in [4.69, 9.17) is 4.74 Å². The Morgan fingerprint density at radius 1 is 0.963 bits per heavy atom. The molecule has 0 saturated heterocycles. The Balaban J connectivity index is 1.46. The third-order valence-corrected chi connectivity index (χ3v) is 3.93. The minimum absolute atomic E-state index is 0.211. The van der Waals surface area contributed by atoms with E-state index >= 15 is 0 Å². The second-order valence-corrected chi connectivity index (χ2v) is 5.82. The molecule has 4 rings (SSSR count). The van der Waals surface area contributed by atoms with Crippen LogP contribution in [0.2, 0.25) is 0 Å². The summed E-state index contributed by atoms with van der Waals surface area (Å²) in [5.74, 6) is 0.819. The van der Waals surface area contributed by atoms with E-state index in [-0.39, 0.29) is 5.91 Å². The Morgan fingerprint density at radius 2 is 1.85 bits per heavy atom. The maximum Gasteiger partial charge on any atom is 0.255 e. The second kappa shape index (κ2) is 7.53. The quantitative estimate of drug-likeness (QED) is 0.551. The van der Waals surface area contributed by atoms with Crippen LogP contribution in [-0.2, 0) is 0 Å². The van der Waals surface area contributed by atoms with Crippen LogP contribution in [0.1, 0.15) is 10.4 Å². The minimum atomic E-state index is -0.211. The zero-order chi connectivity index (χ0) is 18.5. The topological polar surface area (TPSA) is 79.9 Å². The molecule has 0 aliphatic heterocycles. The molecule has 0 saturated carbocycles. The molecule has 0 unspecified atom stereocenters. The third kappa shape index (κ3) is 4.01. The van der Waals surface area contributed by atoms with Gasteiger partial charge in [0.2, 0.25) is 5.88 Å². The summed E-state index contributed by atoms with van der Waals surface area (Å²) in [4.78, 5) is 16.7. The monoisotopic (exact) mass is 356 g/mol. The highest BCUT2D eigenvalue weighted by molar-refractivity contribution is 6.04. The normalized spacial score (nSPS) is 10.4. The van der Waals surface area contributed by atoms with E-state index in [0.717, 1.165) is 11.1 Å². The predicted molar refractivity (Wildman–Crippen MR) is 103 cm³/mol. The number of nitrogens with zero attached hydrogens (tertiary/aromatic N) is 2. The summed E-state index contributed by atoms with van der Waals surface area (Å²) in [5, 5.41) is 9.61. The van der Waals surface area contributed by atoms with Crippen molar-refractivity contribution in [2.75, 3.05) is 5.32 Å². The van der Waals surface area contributed by atoms with E-state index in [0.29, 0.717) is 22.9 Å². The molecule has 6 nitrogen and oxygen atoms in total. The minimum Gasteiger partial charge on any atom is -0.439 e. The van der Waals surface area contributed by atoms with E-state index in [2.05, 4.69) is 20.5 Å². The first-order valence-corrected chi connectivity index (χ1v) is 8.37. The van der Waals surface area contributed by atoms with Crippen molar-refractivity contribution in [2.24, 2.45) is 0 Å². The lowest BCUT2D eigenvalue weighted by molar-refractivity contribution is 0.102. The highest BCUT2D eigenvalue weighted by atomic mass is 16.5. The van der Waals surface area contributed by atoms with Crippen LogP contribution in [0.25, 0.3) is 11.1 Å². The van der Waals surface area contributed by atoms with E-state index in [9.17, 15) is 4.79 Å². The van der Waals surface area contributed by atoms with E-state index in [1.165, 1.54) is 0 Å². The Labute approximate surface area is 155 Å². The van der Waals surface area contributed by atoms with Gasteiger partial charge in [0, 0.05) is 35.3 Å². The van der Waals surface area contributed by atoms with Crippen LogP contribution in [0.5, 0.6) is 11.6 Å². The van der Waals surface area contributed by atoms with Gasteiger partial charge in [-0.05, 0) is 42.0 Å². The molecule has 2 N–H and O–H groups in total. The van der Waals surface area contributed by atoms with Gasteiger partial charge in [-0.1, -0.05) is 24.3 Å². The molecular formula is C21H16N4O2. The molecule has 27 heavy (non-hydrogen) atoms. The van der Waals surface area contributed by atoms with Gasteiger partial charge in [-0.15, -0.1) is 0 Å². The van der Waals surface area contributed by atoms with Crippen LogP contribution in [0.3, 0.4) is 0 Å². The first-order chi connectivity index (χ1) is 13.3. The van der Waals surface area contributed by atoms with Gasteiger partial charge in [0.15, 0.2) is 0 Å². The second-order valence-electron chi connectivity index (χ2n) is 5.82. The molecule has 0 radical (unpaired) electrons. The predicted octanol–water partition coefficient (Wildman–Crippen LogP) is 4.52. The maximum absolute atomic E-state index is 12.5. The molecule has 0 fully saturated rings. The van der Waals surface area contributed by atoms with Gasteiger partial charge in [0.1, 0.15) is 5.75 Å². The van der Waals surface area contributed by atoms with Crippen LogP contribution in [0.4, 0.5) is 5.69 Å². The van der Waals surface area contributed by atoms with Crippen molar-refractivity contribution in [3.05, 3.63) is 90.9 Å². The number of pyridine rings is 1. The lowest BCUT2D eigenvalue weighted by Crippen LogP contribution is -2.11. The fraction of sp³-hybridized carbons (Fsp3) is 0. The summed E-state index contributed by atoms with van der Waals surface area (Å²) in [6.07, 6.45) is 5.22. The summed E-state index contributed by atoms with van der Waals surface area (Å²) >= 11 is 0. The first kappa shape index (κ1) is 16.5. The van der Waals surface area contributed by atoms with Crippen molar-refractivity contribution >= 4 is 11.6 Å². The van der Waals surface area contributed by atoms with Gasteiger partial charge in [0.25, 0.3) is 5.91 Å². The van der Waals surface area contributed by atoms with Gasteiger partial charge in [-0.2, -0.15) is 5.10 Å². The molecule has 1 amide bonds. The van der Waals surface area contributed by atoms with Crippen molar-refractivity contribution in [3.63, 3.8) is 0 Å². The van der Waals surface area contributed by atoms with E-state index < -0.39 is 0 Å². The lowest BCUT2D eigenvalue weighted by atomic mass is 10.1. The molecular weight excluding hydrogens is 340 g/mol. The number of benzene rings is 2. The number of aromatic nitrogens is 3. The Kier molecular flexibility index (Phi) is 4.61. The number of nitrogens with one attached hydrogen (secondary N) is 2. The van der Waals surface area contributed by atoms with Crippen molar-refractivity contribution in [1.29, 1.82) is 0 Å². The number of carbonyl (C=O) groups is 1. The molecule has 2 heterocycles. The zero-order valence-electron chi connectivity index (χ0n) is 14.3. The number of hydrogen-bond acceptors (Lipinski definition) is 4. The number of amides is 1. The van der Waals surface area contributed by atoms with Crippen molar-refractivity contribution in [2.45, 2.75) is 0 Å². The summed E-state index contributed by atoms with van der Waals surface area (Å²) in [6.45, 7) is 0. The van der Waals surface area contributed by atoms with Crippen LogP contribution in [0, 0.1) is 0 Å². The number of carbonyl (C=O) groups excluding carboxylic acids is 1. The van der Waals surface area contributed by atoms with Crippen LogP contribution < -0.4 is 10.1 Å². The smallest absolute Gasteiger partial charge is 0.255 e. The van der Waals surface area contributed by atoms with Crippen molar-refractivity contribution in [1.82, 2.24) is 15.2 Å². The number of rotatable bonds is 5. The fourth-order valence-electron chi connectivity index (χ4n) is 2.59. The average molecular weight is 356 g/mol. The van der Waals surface area contributed by atoms with Crippen LogP contribution in [0.15, 0.2) is 85.3 Å². The first-order valence-electron chi connectivity index (χ1n) is 8.37. The van der Waals surface area contributed by atoms with Crippen LogP contribution >= 0.6 is 0 Å². The van der Waals surface area contributed by atoms with Gasteiger partial charge >= 0.3 is 0 Å². The highest BCUT2D eigenvalue weighted by Gasteiger charge is 2.08. The standard InChI is InChI=1S/C21H16N4O2/c26-21(25-18-9-7-15(8-10-18)17-13-23-24-14-17)16-4-3-5-19(12-16)27-20-6-1-2-11-22-20/h1-14H,(H,23,24)(H,25,26). The zero-order valence-corrected chi connectivity index (χ0v) is 14.3. The third-order valence-electron chi connectivity index (χ3n) is 3.93. The van der Waals surface area contributed by atoms with E-state index in [1.807, 2.05) is 42.6 Å². The lowest BCUT2D eigenvalue weighted by Gasteiger charge is -2.08. The number of ether oxygens (including phenoxy) is 1. The molecule has 4 aromatic rings. The highest BCUT2D eigenvalue weighted by Crippen LogP contribution is 2.22. The number of aromatic amines is 1. The molecule has 6 heteroatoms. The van der Waals surface area contributed by atoms with Gasteiger partial charge < -0.3 is 10.1 Å². The fourth-order valence-corrected chi connectivity index (χ4v) is 2.59. The summed E-state index contributed by atoms with van der Waals surface area (Å²) in [7, 11) is 0. The number of hydrogen-bond donors (Lipinski definition) is 2. The Hall–Kier alpha value is -3.93. The Morgan fingerprint density at radius 3 is 2.59 bits per heavy atom. The molecule has 0 aliphatic carbocycles. The molecule has 2 aromatic heterocycles. The molecule has 2 aromatic carbocycles. The molecule has 0 aliphatic rings. The van der Waals surface area contributed by atoms with Gasteiger partial charge in [-0.3, -0.25) is 9.89 Å². The molecule has 132 valence electrons. The number of H-pyrrole nitrogens is 1. The van der Waals surface area contributed by atoms with Gasteiger partial charge in [-0.25, -0.2) is 4.98 Å². The van der Waals surface area contributed by atoms with Crippen LogP contribution in [-0.4, -0.2) is 21.1 Å². The summed E-state index contributed by atoms with van der Waals surface area (Å²) < 4.78 is 5.68. The largest absolute Gasteiger partial charge is 0.439 e. The van der Waals surface area contributed by atoms with E-state index in [1.54, 1.807) is 42.7 Å². The van der Waals surface area contributed by atoms with Crippen molar-refractivity contribution < 1.29 is 9.53 Å². The SMILES string of the molecule is O=C(Nc1ccc(-c2cn[nH]c2)cc1)c1cccc(Oc2ccccn2)c1. The molecule has 0 atom stereocenters. The number of anilines is 1. The van der Waals surface area contributed by atoms with Gasteiger partial charge in [0.05, 0.1) is 6.20 Å². The average Bonchev–Trinajstić information content (AvgIpc) is 3.24. The molecule has 0 spiro atoms. The Bertz CT molecular complexity index is 1030. The summed E-state index contributed by atoms with van der Waals surface area (Å²) in [6, 6.07) is 20.0. The molecule has 0 bridgehead atoms. The summed E-state index contributed by atoms with van der Waals surface area (Å²) in [5.41, 5.74) is 3.23. The maximum atomic E-state index is 12.5.